The van der Waals surface area contributed by atoms with E-state index in [9.17, 15) is 14.4 Å². The Morgan fingerprint density at radius 2 is 1.77 bits per heavy atom. The molecule has 2 amide bonds. The summed E-state index contributed by atoms with van der Waals surface area (Å²) in [4.78, 5) is 35.1. The fourth-order valence-corrected chi connectivity index (χ4v) is 2.57. The van der Waals surface area contributed by atoms with Gasteiger partial charge in [0.2, 0.25) is 11.8 Å². The Balaban J connectivity index is 2.17. The van der Waals surface area contributed by atoms with Gasteiger partial charge in [0.05, 0.1) is 24.2 Å². The monoisotopic (exact) mass is 374 g/mol. The Kier molecular flexibility index (Phi) is 6.36. The van der Waals surface area contributed by atoms with Crippen molar-refractivity contribution in [2.24, 2.45) is 0 Å². The van der Waals surface area contributed by atoms with Crippen LogP contribution in [0.25, 0.3) is 0 Å². The van der Waals surface area contributed by atoms with E-state index in [1.807, 2.05) is 0 Å². The molecule has 0 aromatic heterocycles. The number of benzene rings is 2. The van der Waals surface area contributed by atoms with Crippen LogP contribution in [-0.4, -0.2) is 24.7 Å². The van der Waals surface area contributed by atoms with Crippen molar-refractivity contribution in [2.75, 3.05) is 17.7 Å². The third-order valence-electron chi connectivity index (χ3n) is 3.60. The van der Waals surface area contributed by atoms with Crippen LogP contribution in [0.5, 0.6) is 5.75 Å². The zero-order chi connectivity index (χ0) is 19.3. The van der Waals surface area contributed by atoms with Crippen LogP contribution in [0.1, 0.15) is 29.8 Å². The van der Waals surface area contributed by atoms with Gasteiger partial charge in [-0.05, 0) is 43.3 Å². The molecule has 2 N–H and O–H groups in total. The van der Waals surface area contributed by atoms with Gasteiger partial charge in [0.1, 0.15) is 5.75 Å². The topological polar surface area (TPSA) is 84.5 Å². The summed E-state index contributed by atoms with van der Waals surface area (Å²) in [5.41, 5.74) is 2.01. The van der Waals surface area contributed by atoms with Crippen LogP contribution in [0.15, 0.2) is 36.4 Å². The number of nitrogens with one attached hydrogen (secondary N) is 2. The molecule has 7 heteroatoms. The maximum atomic E-state index is 12.4. The molecular weight excluding hydrogens is 356 g/mol. The van der Waals surface area contributed by atoms with Gasteiger partial charge in [-0.2, -0.15) is 0 Å². The second-order valence-corrected chi connectivity index (χ2v) is 6.09. The van der Waals surface area contributed by atoms with Crippen molar-refractivity contribution in [3.63, 3.8) is 0 Å². The number of hydrogen-bond donors (Lipinski definition) is 2. The average Bonchev–Trinajstić information content (AvgIpc) is 2.57. The van der Waals surface area contributed by atoms with Gasteiger partial charge in [0, 0.05) is 23.7 Å². The van der Waals surface area contributed by atoms with Gasteiger partial charge in [-0.25, -0.2) is 0 Å². The first kappa shape index (κ1) is 19.5. The summed E-state index contributed by atoms with van der Waals surface area (Å²) in [5, 5.41) is 5.71. The molecule has 0 aliphatic heterocycles. The van der Waals surface area contributed by atoms with Gasteiger partial charge in [0.15, 0.2) is 5.78 Å². The summed E-state index contributed by atoms with van der Waals surface area (Å²) in [6.07, 6.45) is 0.0301. The lowest BCUT2D eigenvalue weighted by molar-refractivity contribution is -0.116. The molecule has 0 atom stereocenters. The van der Waals surface area contributed by atoms with E-state index in [1.54, 1.807) is 36.4 Å². The Labute approximate surface area is 156 Å². The van der Waals surface area contributed by atoms with Crippen LogP contribution >= 0.6 is 11.6 Å². The largest absolute Gasteiger partial charge is 0.496 e. The van der Waals surface area contributed by atoms with Crippen LogP contribution in [0.2, 0.25) is 5.02 Å². The van der Waals surface area contributed by atoms with Crippen LogP contribution in [-0.2, 0) is 16.0 Å². The molecule has 6 nitrogen and oxygen atoms in total. The fourth-order valence-electron chi connectivity index (χ4n) is 2.40. The van der Waals surface area contributed by atoms with Gasteiger partial charge in [0.25, 0.3) is 0 Å². The SMILES string of the molecule is COc1ccc(C(C)=O)cc1CC(=O)Nc1ccc(Cl)c(NC(C)=O)c1. The van der Waals surface area contributed by atoms with E-state index in [2.05, 4.69) is 10.6 Å². The number of ether oxygens (including phenoxy) is 1. The standard InChI is InChI=1S/C19H19ClN2O4/c1-11(23)13-4-7-18(26-3)14(8-13)9-19(25)22-15-5-6-16(20)17(10-15)21-12(2)24/h4-8,10H,9H2,1-3H3,(H,21,24)(H,22,25). The minimum absolute atomic E-state index is 0.0301. The molecule has 0 radical (unpaired) electrons. The minimum Gasteiger partial charge on any atom is -0.496 e. The summed E-state index contributed by atoms with van der Waals surface area (Å²) >= 11 is 6.02. The van der Waals surface area contributed by atoms with Crippen molar-refractivity contribution < 1.29 is 19.1 Å². The number of hydrogen-bond acceptors (Lipinski definition) is 4. The molecule has 0 spiro atoms. The maximum absolute atomic E-state index is 12.4. The zero-order valence-electron chi connectivity index (χ0n) is 14.7. The van der Waals surface area contributed by atoms with Crippen molar-refractivity contribution in [2.45, 2.75) is 20.3 Å². The number of halogens is 1. The lowest BCUT2D eigenvalue weighted by Crippen LogP contribution is -2.16. The highest BCUT2D eigenvalue weighted by Gasteiger charge is 2.13. The molecular formula is C19H19ClN2O4. The van der Waals surface area contributed by atoms with Gasteiger partial charge < -0.3 is 15.4 Å². The lowest BCUT2D eigenvalue weighted by atomic mass is 10.0. The molecule has 0 fully saturated rings. The minimum atomic E-state index is -0.292. The Morgan fingerprint density at radius 1 is 1.04 bits per heavy atom. The summed E-state index contributed by atoms with van der Waals surface area (Å²) in [7, 11) is 1.50. The van der Waals surface area contributed by atoms with E-state index in [4.69, 9.17) is 16.3 Å². The van der Waals surface area contributed by atoms with Crippen molar-refractivity contribution in [3.05, 3.63) is 52.5 Å². The van der Waals surface area contributed by atoms with Gasteiger partial charge in [-0.15, -0.1) is 0 Å². The molecule has 0 saturated heterocycles. The van der Waals surface area contributed by atoms with E-state index >= 15 is 0 Å². The number of anilines is 2. The third kappa shape index (κ3) is 5.07. The summed E-state index contributed by atoms with van der Waals surface area (Å²) in [5.74, 6) is -0.117. The molecule has 0 unspecified atom stereocenters. The first-order valence-corrected chi connectivity index (χ1v) is 8.22. The number of carbonyl (C=O) groups is 3. The second kappa shape index (κ2) is 8.49. The van der Waals surface area contributed by atoms with Gasteiger partial charge >= 0.3 is 0 Å². The van der Waals surface area contributed by atoms with E-state index < -0.39 is 0 Å². The van der Waals surface area contributed by atoms with Crippen molar-refractivity contribution in [1.82, 2.24) is 0 Å². The van der Waals surface area contributed by atoms with E-state index in [-0.39, 0.29) is 24.0 Å². The van der Waals surface area contributed by atoms with Crippen molar-refractivity contribution in [1.29, 1.82) is 0 Å². The molecule has 2 aromatic carbocycles. The molecule has 0 bridgehead atoms. The molecule has 0 saturated carbocycles. The smallest absolute Gasteiger partial charge is 0.228 e. The summed E-state index contributed by atoms with van der Waals surface area (Å²) in [6.45, 7) is 2.83. The number of methoxy groups -OCH3 is 1. The molecule has 2 rings (SSSR count). The number of ketones is 1. The molecule has 2 aromatic rings. The predicted molar refractivity (Wildman–Crippen MR) is 101 cm³/mol. The first-order valence-electron chi connectivity index (χ1n) is 7.85. The molecule has 136 valence electrons. The van der Waals surface area contributed by atoms with E-state index in [0.29, 0.717) is 33.3 Å². The predicted octanol–water partition coefficient (Wildman–Crippen LogP) is 3.69. The van der Waals surface area contributed by atoms with Crippen molar-refractivity contribution >= 4 is 40.6 Å². The Bertz CT molecular complexity index is 865. The lowest BCUT2D eigenvalue weighted by Gasteiger charge is -2.12. The number of rotatable bonds is 6. The zero-order valence-corrected chi connectivity index (χ0v) is 15.4. The van der Waals surface area contributed by atoms with Crippen LogP contribution in [0.3, 0.4) is 0 Å². The molecule has 26 heavy (non-hydrogen) atoms. The normalized spacial score (nSPS) is 10.2. The highest BCUT2D eigenvalue weighted by Crippen LogP contribution is 2.26. The number of carbonyl (C=O) groups excluding carboxylic acids is 3. The van der Waals surface area contributed by atoms with Crippen LogP contribution in [0, 0.1) is 0 Å². The quantitative estimate of drug-likeness (QED) is 0.755. The van der Waals surface area contributed by atoms with Crippen LogP contribution < -0.4 is 15.4 Å². The van der Waals surface area contributed by atoms with E-state index in [1.165, 1.54) is 21.0 Å². The average molecular weight is 375 g/mol. The summed E-state index contributed by atoms with van der Waals surface area (Å²) < 4.78 is 5.25. The Hall–Kier alpha value is -2.86. The molecule has 0 heterocycles. The fraction of sp³-hybridized carbons (Fsp3) is 0.211. The molecule has 0 aliphatic carbocycles. The third-order valence-corrected chi connectivity index (χ3v) is 3.93. The second-order valence-electron chi connectivity index (χ2n) is 5.68. The highest BCUT2D eigenvalue weighted by molar-refractivity contribution is 6.33. The van der Waals surface area contributed by atoms with E-state index in [0.717, 1.165) is 0 Å². The highest BCUT2D eigenvalue weighted by atomic mass is 35.5. The number of amides is 2. The molecule has 0 aliphatic rings. The summed E-state index contributed by atoms with van der Waals surface area (Å²) in [6, 6.07) is 9.75. The van der Waals surface area contributed by atoms with Gasteiger partial charge in [-0.1, -0.05) is 11.6 Å². The first-order chi connectivity index (χ1) is 12.3. The van der Waals surface area contributed by atoms with Gasteiger partial charge in [-0.3, -0.25) is 14.4 Å². The number of Topliss-reactive ketones (excluding diaryl/α,β-unsaturated/α-hetero) is 1. The van der Waals surface area contributed by atoms with Crippen LogP contribution in [0.4, 0.5) is 11.4 Å². The maximum Gasteiger partial charge on any atom is 0.228 e. The Morgan fingerprint density at radius 3 is 2.38 bits per heavy atom. The van der Waals surface area contributed by atoms with Crippen molar-refractivity contribution in [3.8, 4) is 5.75 Å².